The molecule has 0 radical (unpaired) electrons. The van der Waals surface area contributed by atoms with Gasteiger partial charge in [-0.3, -0.25) is 4.79 Å². The topological polar surface area (TPSA) is 61.7 Å². The first kappa shape index (κ1) is 22.2. The SMILES string of the molecule is Cc1ccc(N=C2NC(=O)/C(=C/c3cc(C(C)(C)C)c(O)c(C(C)(C)C)c3)S2)cc1. The predicted octanol–water partition coefficient (Wildman–Crippen LogP) is 6.19. The summed E-state index contributed by atoms with van der Waals surface area (Å²) in [5.74, 6) is 0.177. The number of nitrogens with one attached hydrogen (secondary N) is 1. The van der Waals surface area contributed by atoms with Crippen molar-refractivity contribution in [3.63, 3.8) is 0 Å². The van der Waals surface area contributed by atoms with Gasteiger partial charge in [-0.25, -0.2) is 4.99 Å². The second-order valence-electron chi connectivity index (χ2n) is 9.78. The fourth-order valence-corrected chi connectivity index (χ4v) is 4.09. The third-order valence-electron chi connectivity index (χ3n) is 4.96. The van der Waals surface area contributed by atoms with Crippen LogP contribution in [0.25, 0.3) is 6.08 Å². The minimum atomic E-state index is -0.220. The van der Waals surface area contributed by atoms with Gasteiger partial charge < -0.3 is 10.4 Å². The molecule has 1 heterocycles. The van der Waals surface area contributed by atoms with E-state index in [1.54, 1.807) is 0 Å². The van der Waals surface area contributed by atoms with Gasteiger partial charge in [0.1, 0.15) is 5.75 Å². The van der Waals surface area contributed by atoms with Gasteiger partial charge in [0.25, 0.3) is 5.91 Å². The van der Waals surface area contributed by atoms with Gasteiger partial charge in [-0.1, -0.05) is 59.2 Å². The molecule has 0 spiro atoms. The Labute approximate surface area is 183 Å². The number of benzene rings is 2. The number of nitrogens with zero attached hydrogens (tertiary/aromatic N) is 1. The number of amidine groups is 1. The number of thioether (sulfide) groups is 1. The molecule has 0 saturated carbocycles. The van der Waals surface area contributed by atoms with E-state index in [-0.39, 0.29) is 16.7 Å². The molecule has 0 unspecified atom stereocenters. The number of aliphatic imine (C=N–C) groups is 1. The van der Waals surface area contributed by atoms with E-state index in [0.29, 0.717) is 15.8 Å². The Morgan fingerprint density at radius 3 is 2.00 bits per heavy atom. The van der Waals surface area contributed by atoms with Crippen LogP contribution in [0.3, 0.4) is 0 Å². The summed E-state index contributed by atoms with van der Waals surface area (Å²) < 4.78 is 0. The molecule has 0 bridgehead atoms. The van der Waals surface area contributed by atoms with Crippen LogP contribution in [0, 0.1) is 6.92 Å². The average molecular weight is 423 g/mol. The lowest BCUT2D eigenvalue weighted by molar-refractivity contribution is -0.115. The lowest BCUT2D eigenvalue weighted by atomic mass is 9.78. The van der Waals surface area contributed by atoms with E-state index in [0.717, 1.165) is 22.4 Å². The van der Waals surface area contributed by atoms with Gasteiger partial charge in [0.05, 0.1) is 10.6 Å². The Morgan fingerprint density at radius 1 is 0.967 bits per heavy atom. The second-order valence-corrected chi connectivity index (χ2v) is 10.8. The van der Waals surface area contributed by atoms with Crippen molar-refractivity contribution in [1.82, 2.24) is 5.32 Å². The molecule has 0 atom stereocenters. The largest absolute Gasteiger partial charge is 0.507 e. The van der Waals surface area contributed by atoms with Gasteiger partial charge in [0.15, 0.2) is 5.17 Å². The van der Waals surface area contributed by atoms with Crippen molar-refractivity contribution in [2.75, 3.05) is 0 Å². The van der Waals surface area contributed by atoms with Crippen LogP contribution in [0.15, 0.2) is 46.3 Å². The first-order valence-corrected chi connectivity index (χ1v) is 10.9. The van der Waals surface area contributed by atoms with Crippen LogP contribution in [0.1, 0.15) is 63.8 Å². The molecule has 1 aliphatic rings. The molecular weight excluding hydrogens is 392 g/mol. The number of hydrogen-bond donors (Lipinski definition) is 2. The van der Waals surface area contributed by atoms with E-state index in [4.69, 9.17) is 0 Å². The van der Waals surface area contributed by atoms with E-state index >= 15 is 0 Å². The molecule has 0 aromatic heterocycles. The number of phenolic OH excluding ortho intramolecular Hbond substituents is 1. The summed E-state index contributed by atoms with van der Waals surface area (Å²) >= 11 is 1.33. The van der Waals surface area contributed by atoms with Crippen LogP contribution in [-0.4, -0.2) is 16.2 Å². The number of phenols is 1. The molecule has 2 aromatic rings. The Hall–Kier alpha value is -2.53. The monoisotopic (exact) mass is 422 g/mol. The minimum absolute atomic E-state index is 0.159. The van der Waals surface area contributed by atoms with E-state index in [1.807, 2.05) is 49.4 Å². The fourth-order valence-electron chi connectivity index (χ4n) is 3.25. The Balaban J connectivity index is 2.00. The zero-order chi connectivity index (χ0) is 22.3. The smallest absolute Gasteiger partial charge is 0.264 e. The fraction of sp³-hybridized carbons (Fsp3) is 0.360. The van der Waals surface area contributed by atoms with Crippen molar-refractivity contribution in [1.29, 1.82) is 0 Å². The number of carbonyl (C=O) groups excluding carboxylic acids is 1. The minimum Gasteiger partial charge on any atom is -0.507 e. The van der Waals surface area contributed by atoms with Crippen molar-refractivity contribution in [3.05, 3.63) is 63.6 Å². The molecule has 5 heteroatoms. The third-order valence-corrected chi connectivity index (χ3v) is 5.87. The Morgan fingerprint density at radius 2 is 1.50 bits per heavy atom. The third kappa shape index (κ3) is 4.96. The van der Waals surface area contributed by atoms with Crippen molar-refractivity contribution in [2.45, 2.75) is 59.3 Å². The summed E-state index contributed by atoms with van der Waals surface area (Å²) in [6.07, 6.45) is 1.88. The van der Waals surface area contributed by atoms with E-state index in [9.17, 15) is 9.90 Å². The number of aromatic hydroxyl groups is 1. The highest BCUT2D eigenvalue weighted by Gasteiger charge is 2.28. The summed E-state index contributed by atoms with van der Waals surface area (Å²) in [5.41, 5.74) is 4.18. The van der Waals surface area contributed by atoms with E-state index < -0.39 is 0 Å². The molecular formula is C25H30N2O2S. The highest BCUT2D eigenvalue weighted by molar-refractivity contribution is 8.18. The van der Waals surface area contributed by atoms with Crippen LogP contribution in [0.4, 0.5) is 5.69 Å². The van der Waals surface area contributed by atoms with Gasteiger partial charge in [0, 0.05) is 11.1 Å². The standard InChI is InChI=1S/C25H30N2O2S/c1-15-8-10-17(11-9-15)26-23-27-22(29)20(30-23)14-16-12-18(24(2,3)4)21(28)19(13-16)25(5,6)7/h8-14,28H,1-7H3,(H,26,27,29)/b20-14-. The average Bonchev–Trinajstić information content (AvgIpc) is 2.95. The van der Waals surface area contributed by atoms with Crippen molar-refractivity contribution in [3.8, 4) is 5.75 Å². The predicted molar refractivity (Wildman–Crippen MR) is 127 cm³/mol. The Bertz CT molecular complexity index is 1000. The lowest BCUT2D eigenvalue weighted by Crippen LogP contribution is -2.19. The van der Waals surface area contributed by atoms with Crippen LogP contribution >= 0.6 is 11.8 Å². The highest BCUT2D eigenvalue weighted by Crippen LogP contribution is 2.40. The number of rotatable bonds is 2. The normalized spacial score (nSPS) is 17.6. The zero-order valence-electron chi connectivity index (χ0n) is 18.8. The van der Waals surface area contributed by atoms with Crippen LogP contribution in [0.5, 0.6) is 5.75 Å². The first-order chi connectivity index (χ1) is 13.8. The molecule has 1 fully saturated rings. The van der Waals surface area contributed by atoms with Gasteiger partial charge in [0.2, 0.25) is 0 Å². The zero-order valence-corrected chi connectivity index (χ0v) is 19.6. The molecule has 158 valence electrons. The van der Waals surface area contributed by atoms with E-state index in [2.05, 4.69) is 51.9 Å². The second kappa shape index (κ2) is 7.95. The van der Waals surface area contributed by atoms with Crippen LogP contribution < -0.4 is 5.32 Å². The van der Waals surface area contributed by atoms with Gasteiger partial charge in [-0.15, -0.1) is 0 Å². The molecule has 1 amide bonds. The number of amides is 1. The number of hydrogen-bond acceptors (Lipinski definition) is 4. The van der Waals surface area contributed by atoms with Gasteiger partial charge >= 0.3 is 0 Å². The molecule has 2 N–H and O–H groups in total. The molecule has 1 aliphatic heterocycles. The summed E-state index contributed by atoms with van der Waals surface area (Å²) in [7, 11) is 0. The molecule has 3 rings (SSSR count). The summed E-state index contributed by atoms with van der Waals surface area (Å²) in [4.78, 5) is 17.7. The summed E-state index contributed by atoms with van der Waals surface area (Å²) in [6.45, 7) is 14.5. The lowest BCUT2D eigenvalue weighted by Gasteiger charge is -2.28. The Kier molecular flexibility index (Phi) is 5.87. The molecule has 0 aliphatic carbocycles. The number of aryl methyl sites for hydroxylation is 1. The first-order valence-electron chi connectivity index (χ1n) is 10.1. The van der Waals surface area contributed by atoms with Crippen molar-refractivity contribution >= 4 is 34.6 Å². The van der Waals surface area contributed by atoms with Gasteiger partial charge in [-0.2, -0.15) is 0 Å². The highest BCUT2D eigenvalue weighted by atomic mass is 32.2. The van der Waals surface area contributed by atoms with Crippen LogP contribution in [-0.2, 0) is 15.6 Å². The van der Waals surface area contributed by atoms with E-state index in [1.165, 1.54) is 17.3 Å². The molecule has 30 heavy (non-hydrogen) atoms. The molecule has 1 saturated heterocycles. The summed E-state index contributed by atoms with van der Waals surface area (Å²) in [5, 5.41) is 14.3. The maximum Gasteiger partial charge on any atom is 0.264 e. The quantitative estimate of drug-likeness (QED) is 0.568. The molecule has 4 nitrogen and oxygen atoms in total. The van der Waals surface area contributed by atoms with Gasteiger partial charge in [-0.05, 0) is 65.4 Å². The maximum atomic E-state index is 12.5. The van der Waals surface area contributed by atoms with Crippen molar-refractivity contribution in [2.24, 2.45) is 4.99 Å². The number of carbonyl (C=O) groups is 1. The summed E-state index contributed by atoms with van der Waals surface area (Å²) in [6, 6.07) is 11.8. The van der Waals surface area contributed by atoms with Crippen LogP contribution in [0.2, 0.25) is 0 Å². The van der Waals surface area contributed by atoms with Crippen molar-refractivity contribution < 1.29 is 9.90 Å². The molecule has 2 aromatic carbocycles. The maximum absolute atomic E-state index is 12.5.